The van der Waals surface area contributed by atoms with Crippen LogP contribution >= 0.6 is 12.4 Å². The number of hydrogen-bond donors (Lipinski definition) is 2. The first-order valence-corrected chi connectivity index (χ1v) is 9.27. The van der Waals surface area contributed by atoms with E-state index in [9.17, 15) is 8.42 Å². The van der Waals surface area contributed by atoms with Crippen molar-refractivity contribution in [3.05, 3.63) is 42.7 Å². The molecule has 0 radical (unpaired) electrons. The SMILES string of the molecule is C=CCNS(=O)(=O)c1ccc(-c2nc(C3(N)CCCC3)no2)cc1.Cl. The van der Waals surface area contributed by atoms with Crippen molar-refractivity contribution in [2.45, 2.75) is 36.1 Å². The molecule has 0 saturated heterocycles. The largest absolute Gasteiger partial charge is 0.334 e. The predicted octanol–water partition coefficient (Wildman–Crippen LogP) is 2.35. The van der Waals surface area contributed by atoms with Crippen molar-refractivity contribution in [1.29, 1.82) is 0 Å². The van der Waals surface area contributed by atoms with Gasteiger partial charge in [0.05, 0.1) is 10.4 Å². The number of nitrogens with one attached hydrogen (secondary N) is 1. The zero-order valence-corrected chi connectivity index (χ0v) is 15.3. The Hall–Kier alpha value is -1.74. The van der Waals surface area contributed by atoms with Crippen LogP contribution in [0.25, 0.3) is 11.5 Å². The lowest BCUT2D eigenvalue weighted by Gasteiger charge is -2.17. The van der Waals surface area contributed by atoms with Crippen molar-refractivity contribution in [2.24, 2.45) is 5.73 Å². The van der Waals surface area contributed by atoms with Gasteiger partial charge < -0.3 is 10.3 Å². The number of sulfonamides is 1. The Balaban J connectivity index is 0.00000225. The molecule has 136 valence electrons. The average molecular weight is 385 g/mol. The Bertz CT molecular complexity index is 827. The lowest BCUT2D eigenvalue weighted by Crippen LogP contribution is -2.34. The number of halogens is 1. The topological polar surface area (TPSA) is 111 Å². The molecule has 0 spiro atoms. The van der Waals surface area contributed by atoms with Gasteiger partial charge in [-0.3, -0.25) is 0 Å². The Morgan fingerprint density at radius 2 is 1.92 bits per heavy atom. The van der Waals surface area contributed by atoms with Gasteiger partial charge >= 0.3 is 0 Å². The Morgan fingerprint density at radius 1 is 1.28 bits per heavy atom. The third-order valence-electron chi connectivity index (χ3n) is 4.20. The summed E-state index contributed by atoms with van der Waals surface area (Å²) in [6.07, 6.45) is 5.29. The number of nitrogens with two attached hydrogens (primary N) is 1. The lowest BCUT2D eigenvalue weighted by atomic mass is 9.99. The van der Waals surface area contributed by atoms with Gasteiger partial charge in [-0.2, -0.15) is 4.98 Å². The standard InChI is InChI=1S/C16H20N4O3S.ClH/c1-2-11-18-24(21,22)13-7-5-12(6-8-13)14-19-15(20-23-14)16(17)9-3-4-10-16;/h2,5-8,18H,1,3-4,9-11,17H2;1H. The highest BCUT2D eigenvalue weighted by Crippen LogP contribution is 2.35. The van der Waals surface area contributed by atoms with Crippen LogP contribution in [-0.2, 0) is 15.6 Å². The van der Waals surface area contributed by atoms with Crippen LogP contribution in [0.15, 0.2) is 46.3 Å². The van der Waals surface area contributed by atoms with E-state index in [1.54, 1.807) is 12.1 Å². The van der Waals surface area contributed by atoms with Crippen molar-refractivity contribution in [3.63, 3.8) is 0 Å². The summed E-state index contributed by atoms with van der Waals surface area (Å²) in [4.78, 5) is 4.56. The van der Waals surface area contributed by atoms with Crippen molar-refractivity contribution in [3.8, 4) is 11.5 Å². The third kappa shape index (κ3) is 4.09. The summed E-state index contributed by atoms with van der Waals surface area (Å²) in [7, 11) is -3.55. The van der Waals surface area contributed by atoms with E-state index in [1.807, 2.05) is 0 Å². The van der Waals surface area contributed by atoms with Crippen LogP contribution in [0.1, 0.15) is 31.5 Å². The van der Waals surface area contributed by atoms with Crippen LogP contribution in [-0.4, -0.2) is 25.1 Å². The number of nitrogens with zero attached hydrogens (tertiary/aromatic N) is 2. The van der Waals surface area contributed by atoms with Gasteiger partial charge in [0.25, 0.3) is 5.89 Å². The molecular formula is C16H21ClN4O3S. The molecule has 2 aromatic rings. The second kappa shape index (κ2) is 7.65. The number of hydrogen-bond acceptors (Lipinski definition) is 6. The van der Waals surface area contributed by atoms with Crippen LogP contribution in [0.2, 0.25) is 0 Å². The summed E-state index contributed by atoms with van der Waals surface area (Å²) in [5.74, 6) is 0.851. The third-order valence-corrected chi connectivity index (χ3v) is 5.64. The normalized spacial score (nSPS) is 16.4. The molecule has 1 aromatic heterocycles. The van der Waals surface area contributed by atoms with Gasteiger partial charge in [-0.25, -0.2) is 13.1 Å². The molecule has 1 aromatic carbocycles. The van der Waals surface area contributed by atoms with E-state index < -0.39 is 15.6 Å². The number of rotatable bonds is 6. The first-order valence-electron chi connectivity index (χ1n) is 7.79. The van der Waals surface area contributed by atoms with E-state index in [2.05, 4.69) is 21.4 Å². The summed E-state index contributed by atoms with van der Waals surface area (Å²) in [6, 6.07) is 6.27. The molecule has 0 atom stereocenters. The molecule has 0 bridgehead atoms. The predicted molar refractivity (Wildman–Crippen MR) is 96.7 cm³/mol. The zero-order valence-electron chi connectivity index (χ0n) is 13.6. The molecule has 1 heterocycles. The van der Waals surface area contributed by atoms with E-state index in [0.717, 1.165) is 25.7 Å². The van der Waals surface area contributed by atoms with E-state index in [0.29, 0.717) is 17.3 Å². The summed E-state index contributed by atoms with van der Waals surface area (Å²) in [5.41, 5.74) is 6.46. The van der Waals surface area contributed by atoms with Crippen molar-refractivity contribution < 1.29 is 12.9 Å². The molecule has 7 nitrogen and oxygen atoms in total. The van der Waals surface area contributed by atoms with Gasteiger partial charge in [0, 0.05) is 12.1 Å². The number of benzene rings is 1. The fourth-order valence-electron chi connectivity index (χ4n) is 2.80. The maximum atomic E-state index is 12.0. The summed E-state index contributed by atoms with van der Waals surface area (Å²) in [5, 5.41) is 4.01. The molecule has 9 heteroatoms. The first kappa shape index (κ1) is 19.6. The first-order chi connectivity index (χ1) is 11.4. The maximum Gasteiger partial charge on any atom is 0.257 e. The fraction of sp³-hybridized carbons (Fsp3) is 0.375. The fourth-order valence-corrected chi connectivity index (χ4v) is 3.80. The molecule has 0 amide bonds. The van der Waals surface area contributed by atoms with E-state index in [-0.39, 0.29) is 23.8 Å². The summed E-state index contributed by atoms with van der Waals surface area (Å²) < 4.78 is 31.8. The van der Waals surface area contributed by atoms with E-state index in [4.69, 9.17) is 10.3 Å². The van der Waals surface area contributed by atoms with Gasteiger partial charge in [0.1, 0.15) is 0 Å². The van der Waals surface area contributed by atoms with Gasteiger partial charge in [-0.15, -0.1) is 19.0 Å². The highest BCUT2D eigenvalue weighted by Gasteiger charge is 2.36. The van der Waals surface area contributed by atoms with Crippen LogP contribution in [0.5, 0.6) is 0 Å². The average Bonchev–Trinajstić information content (AvgIpc) is 3.23. The molecule has 0 aliphatic heterocycles. The van der Waals surface area contributed by atoms with E-state index in [1.165, 1.54) is 18.2 Å². The Kier molecular flexibility index (Phi) is 5.99. The highest BCUT2D eigenvalue weighted by atomic mass is 35.5. The van der Waals surface area contributed by atoms with Crippen LogP contribution < -0.4 is 10.5 Å². The Morgan fingerprint density at radius 3 is 2.52 bits per heavy atom. The smallest absolute Gasteiger partial charge is 0.257 e. The second-order valence-electron chi connectivity index (χ2n) is 5.95. The Labute approximate surface area is 153 Å². The van der Waals surface area contributed by atoms with Gasteiger partial charge in [-0.1, -0.05) is 24.1 Å². The second-order valence-corrected chi connectivity index (χ2v) is 7.72. The maximum absolute atomic E-state index is 12.0. The van der Waals surface area contributed by atoms with Crippen LogP contribution in [0, 0.1) is 0 Å². The monoisotopic (exact) mass is 384 g/mol. The quantitative estimate of drug-likeness (QED) is 0.739. The molecule has 3 N–H and O–H groups in total. The molecule has 1 fully saturated rings. The zero-order chi connectivity index (χ0) is 17.2. The highest BCUT2D eigenvalue weighted by molar-refractivity contribution is 7.89. The lowest BCUT2D eigenvalue weighted by molar-refractivity contribution is 0.372. The molecule has 1 aliphatic rings. The molecule has 1 saturated carbocycles. The van der Waals surface area contributed by atoms with Crippen LogP contribution in [0.3, 0.4) is 0 Å². The van der Waals surface area contributed by atoms with Crippen molar-refractivity contribution in [2.75, 3.05) is 6.54 Å². The van der Waals surface area contributed by atoms with Gasteiger partial charge in [0.15, 0.2) is 5.82 Å². The van der Waals surface area contributed by atoms with Gasteiger partial charge in [0.2, 0.25) is 10.0 Å². The number of aromatic nitrogens is 2. The minimum atomic E-state index is -3.55. The summed E-state index contributed by atoms with van der Waals surface area (Å²) in [6.45, 7) is 3.66. The molecular weight excluding hydrogens is 364 g/mol. The molecule has 0 unspecified atom stereocenters. The minimum absolute atomic E-state index is 0. The van der Waals surface area contributed by atoms with Crippen molar-refractivity contribution in [1.82, 2.24) is 14.9 Å². The molecule has 1 aliphatic carbocycles. The van der Waals surface area contributed by atoms with Gasteiger partial charge in [-0.05, 0) is 37.1 Å². The van der Waals surface area contributed by atoms with Crippen LogP contribution in [0.4, 0.5) is 0 Å². The molecule has 3 rings (SSSR count). The molecule has 25 heavy (non-hydrogen) atoms. The minimum Gasteiger partial charge on any atom is -0.334 e. The van der Waals surface area contributed by atoms with E-state index >= 15 is 0 Å². The van der Waals surface area contributed by atoms with Crippen molar-refractivity contribution >= 4 is 22.4 Å². The summed E-state index contributed by atoms with van der Waals surface area (Å²) >= 11 is 0.